The van der Waals surface area contributed by atoms with Gasteiger partial charge in [-0.15, -0.1) is 0 Å². The van der Waals surface area contributed by atoms with Gasteiger partial charge in [0.25, 0.3) is 0 Å². The molecule has 7 aromatic rings. The van der Waals surface area contributed by atoms with Gasteiger partial charge in [0.05, 0.1) is 27.6 Å². The third-order valence-electron chi connectivity index (χ3n) is 8.47. The molecule has 3 N–H and O–H groups in total. The lowest BCUT2D eigenvalue weighted by atomic mass is 10.0. The van der Waals surface area contributed by atoms with Crippen LogP contribution in [0, 0.1) is 5.41 Å². The number of para-hydroxylation sites is 3. The lowest BCUT2D eigenvalue weighted by Gasteiger charge is -2.12. The number of aliphatic imine (C=N–C) groups is 1. The topological polar surface area (TPSA) is 85.2 Å². The van der Waals surface area contributed by atoms with E-state index in [1.807, 2.05) is 53.1 Å². The van der Waals surface area contributed by atoms with Crippen molar-refractivity contribution in [2.24, 2.45) is 10.7 Å². The second kappa shape index (κ2) is 10.1. The van der Waals surface area contributed by atoms with E-state index in [0.29, 0.717) is 16.9 Å². The maximum Gasteiger partial charge on any atom is 0.207 e. The molecule has 8 rings (SSSR count). The van der Waals surface area contributed by atoms with Crippen molar-refractivity contribution in [1.82, 2.24) is 9.13 Å². The van der Waals surface area contributed by atoms with Crippen LogP contribution in [-0.2, 0) is 6.42 Å². The molecule has 3 heterocycles. The van der Waals surface area contributed by atoms with Gasteiger partial charge in [-0.05, 0) is 54.8 Å². The predicted molar refractivity (Wildman–Crippen MR) is 183 cm³/mol. The molecule has 0 spiro atoms. The SMILES string of the molecule is C=C/C=C\c1oc2cccc(C(=N)/N=C(\N)n3c4c(c5ccccc53)CCC=C4)c2c1-n1c2ccccc2c2ccccc21. The number of aryl methyl sites for hydroxylation is 1. The van der Waals surface area contributed by atoms with Gasteiger partial charge in [0.2, 0.25) is 5.96 Å². The van der Waals surface area contributed by atoms with Crippen LogP contribution in [0.5, 0.6) is 0 Å². The van der Waals surface area contributed by atoms with Crippen LogP contribution in [0.15, 0.2) is 125 Å². The number of allylic oxidation sites excluding steroid dienone is 3. The molecular weight excluding hydrogens is 542 g/mol. The Kier molecular flexibility index (Phi) is 5.94. The standard InChI is InChI=1S/C38H29N5O/c1-2-3-22-34-36(42-29-18-8-4-13-24(29)25-14-5-9-19-30(25)42)35-28(17-12-23-33(35)44-34)37(39)41-38(40)43-31-20-10-6-15-26(31)27-16-7-11-21-32(27)43/h2-6,8-15,17-23H,1,7,16H2,(H3,39,40,41)/b22-3-. The minimum absolute atomic E-state index is 0.0569. The Morgan fingerprint density at radius 3 is 2.27 bits per heavy atom. The lowest BCUT2D eigenvalue weighted by Crippen LogP contribution is -2.25. The lowest BCUT2D eigenvalue weighted by molar-refractivity contribution is 0.602. The first-order chi connectivity index (χ1) is 21.7. The van der Waals surface area contributed by atoms with Crippen molar-refractivity contribution < 1.29 is 4.42 Å². The summed E-state index contributed by atoms with van der Waals surface area (Å²) in [7, 11) is 0. The fourth-order valence-electron chi connectivity index (χ4n) is 6.66. The summed E-state index contributed by atoms with van der Waals surface area (Å²) in [4.78, 5) is 4.74. The fourth-order valence-corrected chi connectivity index (χ4v) is 6.66. The average molecular weight is 572 g/mol. The Morgan fingerprint density at radius 1 is 0.864 bits per heavy atom. The Labute approximate surface area is 253 Å². The Balaban J connectivity index is 1.38. The summed E-state index contributed by atoms with van der Waals surface area (Å²) in [5.74, 6) is 0.977. The van der Waals surface area contributed by atoms with Crippen molar-refractivity contribution in [1.29, 1.82) is 5.41 Å². The highest BCUT2D eigenvalue weighted by Gasteiger charge is 2.24. The van der Waals surface area contributed by atoms with Crippen molar-refractivity contribution in [3.05, 3.63) is 138 Å². The van der Waals surface area contributed by atoms with Crippen molar-refractivity contribution in [3.63, 3.8) is 0 Å². The molecule has 0 saturated carbocycles. The Hall–Kier alpha value is -5.88. The highest BCUT2D eigenvalue weighted by Crippen LogP contribution is 2.40. The number of benzene rings is 4. The molecular formula is C38H29N5O. The molecule has 1 aliphatic rings. The zero-order chi connectivity index (χ0) is 29.8. The van der Waals surface area contributed by atoms with E-state index in [9.17, 15) is 5.41 Å². The summed E-state index contributed by atoms with van der Waals surface area (Å²) >= 11 is 0. The van der Waals surface area contributed by atoms with E-state index >= 15 is 0 Å². The van der Waals surface area contributed by atoms with E-state index in [0.717, 1.165) is 56.9 Å². The molecule has 3 aromatic heterocycles. The molecule has 0 aliphatic heterocycles. The molecule has 6 heteroatoms. The number of nitrogens with one attached hydrogen (secondary N) is 1. The summed E-state index contributed by atoms with van der Waals surface area (Å²) in [5, 5.41) is 13.6. The van der Waals surface area contributed by atoms with Crippen molar-refractivity contribution in [2.75, 3.05) is 0 Å². The van der Waals surface area contributed by atoms with E-state index in [1.165, 1.54) is 10.9 Å². The smallest absolute Gasteiger partial charge is 0.207 e. The molecule has 4 aromatic carbocycles. The van der Waals surface area contributed by atoms with E-state index in [2.05, 4.69) is 77.9 Å². The van der Waals surface area contributed by atoms with Crippen LogP contribution in [0.4, 0.5) is 0 Å². The first kappa shape index (κ1) is 25.8. The summed E-state index contributed by atoms with van der Waals surface area (Å²) < 4.78 is 10.7. The molecule has 0 atom stereocenters. The van der Waals surface area contributed by atoms with Crippen LogP contribution in [0.1, 0.15) is 29.0 Å². The van der Waals surface area contributed by atoms with Gasteiger partial charge in [0.1, 0.15) is 11.3 Å². The van der Waals surface area contributed by atoms with Gasteiger partial charge < -0.3 is 14.7 Å². The van der Waals surface area contributed by atoms with E-state index < -0.39 is 0 Å². The number of rotatable bonds is 4. The highest BCUT2D eigenvalue weighted by atomic mass is 16.3. The van der Waals surface area contributed by atoms with Gasteiger partial charge in [-0.2, -0.15) is 4.99 Å². The summed E-state index contributed by atoms with van der Waals surface area (Å²) in [5.41, 5.74) is 14.3. The maximum absolute atomic E-state index is 9.30. The first-order valence-electron chi connectivity index (χ1n) is 14.7. The Bertz CT molecular complexity index is 2340. The van der Waals surface area contributed by atoms with Gasteiger partial charge in [0, 0.05) is 21.7 Å². The minimum atomic E-state index is 0.0569. The number of hydrogen-bond donors (Lipinski definition) is 2. The number of aromatic nitrogens is 2. The van der Waals surface area contributed by atoms with E-state index in [-0.39, 0.29) is 11.8 Å². The normalized spacial score (nSPS) is 13.5. The molecule has 6 nitrogen and oxygen atoms in total. The molecule has 0 fully saturated rings. The fraction of sp³-hybridized carbons (Fsp3) is 0.0526. The molecule has 0 radical (unpaired) electrons. The highest BCUT2D eigenvalue weighted by molar-refractivity contribution is 6.17. The van der Waals surface area contributed by atoms with Crippen molar-refractivity contribution in [2.45, 2.75) is 12.8 Å². The second-order valence-electron chi connectivity index (χ2n) is 10.9. The minimum Gasteiger partial charge on any atom is -0.454 e. The van der Waals surface area contributed by atoms with Crippen LogP contribution < -0.4 is 5.73 Å². The second-order valence-corrected chi connectivity index (χ2v) is 10.9. The monoisotopic (exact) mass is 571 g/mol. The molecule has 212 valence electrons. The molecule has 1 aliphatic carbocycles. The molecule has 0 bridgehead atoms. The largest absolute Gasteiger partial charge is 0.454 e. The van der Waals surface area contributed by atoms with Crippen molar-refractivity contribution in [3.8, 4) is 5.69 Å². The third kappa shape index (κ3) is 3.81. The number of hydrogen-bond acceptors (Lipinski definition) is 2. The van der Waals surface area contributed by atoms with E-state index in [4.69, 9.17) is 15.1 Å². The molecule has 0 amide bonds. The van der Waals surface area contributed by atoms with Gasteiger partial charge in [0.15, 0.2) is 11.6 Å². The van der Waals surface area contributed by atoms with Crippen molar-refractivity contribution >= 4 is 67.6 Å². The summed E-state index contributed by atoms with van der Waals surface area (Å²) in [6.45, 7) is 3.87. The summed E-state index contributed by atoms with van der Waals surface area (Å²) in [6.07, 6.45) is 11.7. The van der Waals surface area contributed by atoms with Crippen LogP contribution >= 0.6 is 0 Å². The van der Waals surface area contributed by atoms with E-state index in [1.54, 1.807) is 6.08 Å². The zero-order valence-electron chi connectivity index (χ0n) is 24.0. The van der Waals surface area contributed by atoms with Gasteiger partial charge in [-0.25, -0.2) is 0 Å². The van der Waals surface area contributed by atoms with Crippen LogP contribution in [0.2, 0.25) is 0 Å². The van der Waals surface area contributed by atoms with Gasteiger partial charge in [-0.1, -0.05) is 91.5 Å². The quantitative estimate of drug-likeness (QED) is 0.126. The number of nitrogens with two attached hydrogens (primary N) is 1. The number of furan rings is 1. The number of amidine groups is 1. The van der Waals surface area contributed by atoms with Gasteiger partial charge in [-0.3, -0.25) is 9.98 Å². The number of nitrogens with zero attached hydrogens (tertiary/aromatic N) is 3. The van der Waals surface area contributed by atoms with Gasteiger partial charge >= 0.3 is 0 Å². The Morgan fingerprint density at radius 2 is 1.55 bits per heavy atom. The molecule has 0 unspecified atom stereocenters. The molecule has 0 saturated heterocycles. The first-order valence-corrected chi connectivity index (χ1v) is 14.7. The molecule has 44 heavy (non-hydrogen) atoms. The predicted octanol–water partition coefficient (Wildman–Crippen LogP) is 8.83. The van der Waals surface area contributed by atoms with Crippen LogP contribution in [-0.4, -0.2) is 20.9 Å². The third-order valence-corrected chi connectivity index (χ3v) is 8.47. The maximum atomic E-state index is 9.30. The zero-order valence-corrected chi connectivity index (χ0v) is 24.0. The average Bonchev–Trinajstić information content (AvgIpc) is 3.71. The number of fused-ring (bicyclic) bond motifs is 7. The summed E-state index contributed by atoms with van der Waals surface area (Å²) in [6, 6.07) is 30.7. The van der Waals surface area contributed by atoms with Crippen LogP contribution in [0.3, 0.4) is 0 Å². The van der Waals surface area contributed by atoms with Crippen LogP contribution in [0.25, 0.3) is 61.5 Å².